The summed E-state index contributed by atoms with van der Waals surface area (Å²) >= 11 is 11.1. The highest BCUT2D eigenvalue weighted by Crippen LogP contribution is 2.12. The maximum Gasteiger partial charge on any atom is 0.503 e. The van der Waals surface area contributed by atoms with Crippen LogP contribution in [-0.2, 0) is 0 Å². The molecular formula is C7H6Cl2O3. The van der Waals surface area contributed by atoms with E-state index in [0.717, 1.165) is 10.0 Å². The van der Waals surface area contributed by atoms with E-state index in [1.165, 1.54) is 0 Å². The van der Waals surface area contributed by atoms with Crippen molar-refractivity contribution in [2.45, 2.75) is 0 Å². The summed E-state index contributed by atoms with van der Waals surface area (Å²) in [5.41, 5.74) is 0. The zero-order valence-corrected chi connectivity index (χ0v) is 7.38. The highest BCUT2D eigenvalue weighted by atomic mass is 35.5. The van der Waals surface area contributed by atoms with E-state index in [4.69, 9.17) is 38.2 Å². The van der Waals surface area contributed by atoms with Crippen molar-refractivity contribution < 1.29 is 15.0 Å². The van der Waals surface area contributed by atoms with Gasteiger partial charge in [0.1, 0.15) is 0 Å². The third-order valence-corrected chi connectivity index (χ3v) is 1.31. The van der Waals surface area contributed by atoms with Gasteiger partial charge < -0.3 is 10.2 Å². The Labute approximate surface area is 79.2 Å². The van der Waals surface area contributed by atoms with Crippen molar-refractivity contribution in [2.75, 3.05) is 0 Å². The summed E-state index contributed by atoms with van der Waals surface area (Å²) in [4.78, 5) is 8.56. The van der Waals surface area contributed by atoms with Crippen LogP contribution in [-0.4, -0.2) is 16.4 Å². The minimum absolute atomic E-state index is 0.717. The van der Waals surface area contributed by atoms with Crippen molar-refractivity contribution in [3.8, 4) is 0 Å². The van der Waals surface area contributed by atoms with Crippen molar-refractivity contribution in [1.82, 2.24) is 0 Å². The largest absolute Gasteiger partial charge is 0.503 e. The molecule has 0 aromatic heterocycles. The minimum Gasteiger partial charge on any atom is -0.450 e. The van der Waals surface area contributed by atoms with Crippen LogP contribution in [0.4, 0.5) is 4.79 Å². The van der Waals surface area contributed by atoms with Gasteiger partial charge in [0.05, 0.1) is 0 Å². The van der Waals surface area contributed by atoms with Gasteiger partial charge in [-0.1, -0.05) is 23.2 Å². The number of halogens is 2. The normalized spacial score (nSPS) is 8.17. The summed E-state index contributed by atoms with van der Waals surface area (Å²) in [5.74, 6) is 0. The Morgan fingerprint density at radius 1 is 1.00 bits per heavy atom. The lowest BCUT2D eigenvalue weighted by Gasteiger charge is -1.86. The molecule has 0 fully saturated rings. The van der Waals surface area contributed by atoms with E-state index in [0.29, 0.717) is 0 Å². The molecule has 1 aromatic carbocycles. The molecule has 5 heteroatoms. The molecule has 2 N–H and O–H groups in total. The van der Waals surface area contributed by atoms with E-state index in [9.17, 15) is 0 Å². The Morgan fingerprint density at radius 2 is 1.17 bits per heavy atom. The number of hydrogen-bond acceptors (Lipinski definition) is 1. The molecule has 1 rings (SSSR count). The van der Waals surface area contributed by atoms with E-state index in [1.54, 1.807) is 24.3 Å². The second-order valence-corrected chi connectivity index (χ2v) is 2.59. The summed E-state index contributed by atoms with van der Waals surface area (Å²) in [6, 6.07) is 7.02. The molecule has 66 valence electrons. The summed E-state index contributed by atoms with van der Waals surface area (Å²) in [6.07, 6.45) is -1.83. The van der Waals surface area contributed by atoms with Crippen molar-refractivity contribution >= 4 is 29.4 Å². The third kappa shape index (κ3) is 7.18. The Morgan fingerprint density at radius 3 is 1.33 bits per heavy atom. The van der Waals surface area contributed by atoms with Gasteiger partial charge in [-0.3, -0.25) is 0 Å². The molecule has 0 saturated heterocycles. The number of rotatable bonds is 0. The first-order valence-corrected chi connectivity index (χ1v) is 3.61. The summed E-state index contributed by atoms with van der Waals surface area (Å²) in [5, 5.41) is 15.4. The smallest absolute Gasteiger partial charge is 0.450 e. The van der Waals surface area contributed by atoms with Crippen LogP contribution in [0.5, 0.6) is 0 Å². The Balaban J connectivity index is 0.000000261. The maximum absolute atomic E-state index is 8.56. The molecule has 0 saturated carbocycles. The molecule has 0 radical (unpaired) electrons. The third-order valence-electron chi connectivity index (χ3n) is 0.804. The van der Waals surface area contributed by atoms with Gasteiger partial charge in [0, 0.05) is 10.0 Å². The molecule has 0 aliphatic carbocycles. The first kappa shape index (κ1) is 11.1. The maximum atomic E-state index is 8.56. The second-order valence-electron chi connectivity index (χ2n) is 1.72. The van der Waals surface area contributed by atoms with Gasteiger partial charge in [0.15, 0.2) is 0 Å². The molecule has 12 heavy (non-hydrogen) atoms. The lowest BCUT2D eigenvalue weighted by Crippen LogP contribution is -1.81. The van der Waals surface area contributed by atoms with Crippen molar-refractivity contribution in [3.05, 3.63) is 34.3 Å². The van der Waals surface area contributed by atoms with Crippen molar-refractivity contribution in [3.63, 3.8) is 0 Å². The SMILES string of the molecule is Clc1ccc(Cl)cc1.O=C(O)O. The fourth-order valence-electron chi connectivity index (χ4n) is 0.430. The second kappa shape index (κ2) is 5.69. The van der Waals surface area contributed by atoms with E-state index >= 15 is 0 Å². The van der Waals surface area contributed by atoms with Gasteiger partial charge in [-0.2, -0.15) is 0 Å². The molecule has 0 spiro atoms. The Kier molecular flexibility index (Phi) is 5.25. The fraction of sp³-hybridized carbons (Fsp3) is 0. The first-order valence-electron chi connectivity index (χ1n) is 2.85. The van der Waals surface area contributed by atoms with Crippen molar-refractivity contribution in [2.24, 2.45) is 0 Å². The number of carbonyl (C=O) groups is 1. The monoisotopic (exact) mass is 208 g/mol. The molecule has 0 atom stereocenters. The van der Waals surface area contributed by atoms with E-state index < -0.39 is 6.16 Å². The van der Waals surface area contributed by atoms with Gasteiger partial charge in [-0.15, -0.1) is 0 Å². The van der Waals surface area contributed by atoms with Crippen LogP contribution >= 0.6 is 23.2 Å². The topological polar surface area (TPSA) is 57.5 Å². The van der Waals surface area contributed by atoms with Crippen LogP contribution in [0.2, 0.25) is 10.0 Å². The van der Waals surface area contributed by atoms with Gasteiger partial charge in [0.25, 0.3) is 0 Å². The molecule has 0 aliphatic heterocycles. The van der Waals surface area contributed by atoms with Gasteiger partial charge in [-0.25, -0.2) is 4.79 Å². The Bertz CT molecular complexity index is 220. The highest BCUT2D eigenvalue weighted by molar-refractivity contribution is 6.32. The average molecular weight is 209 g/mol. The quantitative estimate of drug-likeness (QED) is 0.689. The van der Waals surface area contributed by atoms with Crippen LogP contribution in [0.3, 0.4) is 0 Å². The standard InChI is InChI=1S/C6H4Cl2.CH2O3/c7-5-1-2-6(8)4-3-5;2-1(3)4/h1-4H;(H2,2,3,4). The summed E-state index contributed by atoms with van der Waals surface area (Å²) in [7, 11) is 0. The predicted molar refractivity (Wildman–Crippen MR) is 47.1 cm³/mol. The zero-order chi connectivity index (χ0) is 9.56. The molecule has 0 amide bonds. The van der Waals surface area contributed by atoms with Crippen LogP contribution in [0.25, 0.3) is 0 Å². The van der Waals surface area contributed by atoms with E-state index in [1.807, 2.05) is 0 Å². The lowest BCUT2D eigenvalue weighted by molar-refractivity contribution is 0.137. The van der Waals surface area contributed by atoms with Gasteiger partial charge in [0.2, 0.25) is 0 Å². The van der Waals surface area contributed by atoms with Crippen LogP contribution in [0.15, 0.2) is 24.3 Å². The molecule has 0 heterocycles. The Hall–Kier alpha value is -0.930. The van der Waals surface area contributed by atoms with Crippen LogP contribution in [0.1, 0.15) is 0 Å². The number of benzene rings is 1. The van der Waals surface area contributed by atoms with E-state index in [-0.39, 0.29) is 0 Å². The van der Waals surface area contributed by atoms with Crippen LogP contribution < -0.4 is 0 Å². The number of carboxylic acid groups (broad SMARTS) is 2. The molecule has 1 aromatic rings. The zero-order valence-electron chi connectivity index (χ0n) is 5.87. The average Bonchev–Trinajstić information content (AvgIpc) is 1.94. The fourth-order valence-corrected chi connectivity index (χ4v) is 0.682. The molecule has 0 bridgehead atoms. The molecule has 0 unspecified atom stereocenters. The summed E-state index contributed by atoms with van der Waals surface area (Å²) in [6.45, 7) is 0. The minimum atomic E-state index is -1.83. The van der Waals surface area contributed by atoms with Gasteiger partial charge >= 0.3 is 6.16 Å². The summed E-state index contributed by atoms with van der Waals surface area (Å²) < 4.78 is 0. The lowest BCUT2D eigenvalue weighted by atomic mass is 10.4. The molecular weight excluding hydrogens is 203 g/mol. The first-order chi connectivity index (χ1) is 5.52. The molecule has 3 nitrogen and oxygen atoms in total. The predicted octanol–water partition coefficient (Wildman–Crippen LogP) is 3.22. The van der Waals surface area contributed by atoms with Gasteiger partial charge in [-0.05, 0) is 24.3 Å². The number of hydrogen-bond donors (Lipinski definition) is 2. The highest BCUT2D eigenvalue weighted by Gasteiger charge is 1.83. The van der Waals surface area contributed by atoms with Crippen molar-refractivity contribution in [1.29, 1.82) is 0 Å². The van der Waals surface area contributed by atoms with Crippen LogP contribution in [0, 0.1) is 0 Å². The van der Waals surface area contributed by atoms with E-state index in [2.05, 4.69) is 0 Å². The molecule has 0 aliphatic rings.